The van der Waals surface area contributed by atoms with E-state index in [0.717, 1.165) is 0 Å². The lowest BCUT2D eigenvalue weighted by Gasteiger charge is -2.16. The first kappa shape index (κ1) is 21.2. The van der Waals surface area contributed by atoms with Crippen molar-refractivity contribution in [2.45, 2.75) is 32.4 Å². The largest absolute Gasteiger partial charge is 0.380 e. The number of amides is 3. The minimum absolute atomic E-state index is 0. The number of carbonyl (C=O) groups is 2. The van der Waals surface area contributed by atoms with Crippen molar-refractivity contribution in [2.24, 2.45) is 5.73 Å². The summed E-state index contributed by atoms with van der Waals surface area (Å²) >= 11 is 0. The van der Waals surface area contributed by atoms with E-state index in [-0.39, 0.29) is 49.5 Å². The van der Waals surface area contributed by atoms with Gasteiger partial charge in [0, 0.05) is 19.7 Å². The number of hydrogen-bond donors (Lipinski definition) is 4. The molecule has 0 spiro atoms. The maximum atomic E-state index is 12.0. The number of halogens is 1. The van der Waals surface area contributed by atoms with Gasteiger partial charge in [0.1, 0.15) is 0 Å². The Bertz CT molecular complexity index is 507. The second-order valence-electron chi connectivity index (χ2n) is 5.14. The first-order valence-corrected chi connectivity index (χ1v) is 7.15. The fourth-order valence-corrected chi connectivity index (χ4v) is 1.79. The molecule has 8 heteroatoms. The van der Waals surface area contributed by atoms with Gasteiger partial charge >= 0.3 is 6.03 Å². The number of nitrogens with one attached hydrogen (secondary N) is 3. The highest BCUT2D eigenvalue weighted by molar-refractivity contribution is 5.99. The molecule has 0 aromatic heterocycles. The highest BCUT2D eigenvalue weighted by Gasteiger charge is 2.14. The molecule has 23 heavy (non-hydrogen) atoms. The molecule has 0 heterocycles. The number of hydrogen-bond acceptors (Lipinski definition) is 4. The fraction of sp³-hybridized carbons (Fsp3) is 0.467. The van der Waals surface area contributed by atoms with E-state index in [2.05, 4.69) is 16.0 Å². The van der Waals surface area contributed by atoms with Gasteiger partial charge in [0.2, 0.25) is 5.91 Å². The SMILES string of the molecule is COC(CN)CC(=O)Nc1ccccc1NC(=O)NC(C)C.Cl. The van der Waals surface area contributed by atoms with E-state index >= 15 is 0 Å². The Morgan fingerprint density at radius 3 is 2.22 bits per heavy atom. The van der Waals surface area contributed by atoms with E-state index in [1.165, 1.54) is 7.11 Å². The Morgan fingerprint density at radius 1 is 1.17 bits per heavy atom. The van der Waals surface area contributed by atoms with Crippen molar-refractivity contribution in [2.75, 3.05) is 24.3 Å². The normalized spacial score (nSPS) is 11.3. The quantitative estimate of drug-likeness (QED) is 0.606. The van der Waals surface area contributed by atoms with Gasteiger partial charge in [-0.1, -0.05) is 12.1 Å². The van der Waals surface area contributed by atoms with E-state index in [0.29, 0.717) is 11.4 Å². The average molecular weight is 345 g/mol. The van der Waals surface area contributed by atoms with Crippen LogP contribution < -0.4 is 21.7 Å². The van der Waals surface area contributed by atoms with Crippen LogP contribution in [0.15, 0.2) is 24.3 Å². The third-order valence-electron chi connectivity index (χ3n) is 2.88. The van der Waals surface area contributed by atoms with Crippen LogP contribution in [0.1, 0.15) is 20.3 Å². The summed E-state index contributed by atoms with van der Waals surface area (Å²) in [7, 11) is 1.51. The highest BCUT2D eigenvalue weighted by Crippen LogP contribution is 2.21. The van der Waals surface area contributed by atoms with E-state index in [1.54, 1.807) is 24.3 Å². The molecule has 1 atom stereocenters. The van der Waals surface area contributed by atoms with Crippen LogP contribution in [-0.2, 0) is 9.53 Å². The minimum Gasteiger partial charge on any atom is -0.380 e. The molecular weight excluding hydrogens is 320 g/mol. The number of urea groups is 1. The predicted octanol–water partition coefficient (Wildman–Crippen LogP) is 1.94. The van der Waals surface area contributed by atoms with Crippen LogP contribution in [-0.4, -0.2) is 37.7 Å². The molecule has 5 N–H and O–H groups in total. The summed E-state index contributed by atoms with van der Waals surface area (Å²) in [5.74, 6) is -0.226. The van der Waals surface area contributed by atoms with Gasteiger partial charge in [-0.3, -0.25) is 4.79 Å². The van der Waals surface area contributed by atoms with Gasteiger partial charge in [-0.15, -0.1) is 12.4 Å². The van der Waals surface area contributed by atoms with Gasteiger partial charge in [-0.25, -0.2) is 4.79 Å². The first-order chi connectivity index (χ1) is 10.5. The molecule has 1 rings (SSSR count). The van der Waals surface area contributed by atoms with E-state index in [4.69, 9.17) is 10.5 Å². The maximum Gasteiger partial charge on any atom is 0.319 e. The first-order valence-electron chi connectivity index (χ1n) is 7.15. The Kier molecular flexibility index (Phi) is 9.96. The minimum atomic E-state index is -0.329. The second-order valence-corrected chi connectivity index (χ2v) is 5.14. The molecule has 7 nitrogen and oxygen atoms in total. The average Bonchev–Trinajstić information content (AvgIpc) is 2.46. The lowest BCUT2D eigenvalue weighted by molar-refractivity contribution is -0.118. The van der Waals surface area contributed by atoms with Crippen LogP contribution in [0.3, 0.4) is 0 Å². The molecule has 0 fully saturated rings. The number of nitrogens with two attached hydrogens (primary N) is 1. The monoisotopic (exact) mass is 344 g/mol. The maximum absolute atomic E-state index is 12.0. The number of methoxy groups -OCH3 is 1. The van der Waals surface area contributed by atoms with Crippen LogP contribution in [0.5, 0.6) is 0 Å². The molecule has 0 bridgehead atoms. The zero-order valence-electron chi connectivity index (χ0n) is 13.6. The summed E-state index contributed by atoms with van der Waals surface area (Å²) in [4.78, 5) is 23.7. The fourth-order valence-electron chi connectivity index (χ4n) is 1.79. The number of para-hydroxylation sites is 2. The summed E-state index contributed by atoms with van der Waals surface area (Å²) in [5, 5.41) is 8.18. The highest BCUT2D eigenvalue weighted by atomic mass is 35.5. The Morgan fingerprint density at radius 2 is 1.74 bits per heavy atom. The number of ether oxygens (including phenoxy) is 1. The van der Waals surface area contributed by atoms with Gasteiger partial charge in [-0.05, 0) is 26.0 Å². The standard InChI is InChI=1S/C15H24N4O3.ClH/c1-10(2)17-15(21)19-13-7-5-4-6-12(13)18-14(20)8-11(9-16)22-3;/h4-7,10-11H,8-9,16H2,1-3H3,(H,18,20)(H2,17,19,21);1H. The van der Waals surface area contributed by atoms with Crippen LogP contribution in [0.25, 0.3) is 0 Å². The summed E-state index contributed by atoms with van der Waals surface area (Å²) < 4.78 is 5.08. The van der Waals surface area contributed by atoms with E-state index < -0.39 is 0 Å². The molecule has 0 aliphatic carbocycles. The summed E-state index contributed by atoms with van der Waals surface area (Å²) in [5.41, 5.74) is 6.55. The van der Waals surface area contributed by atoms with Crippen LogP contribution in [0.4, 0.5) is 16.2 Å². The predicted molar refractivity (Wildman–Crippen MR) is 94.1 cm³/mol. The third kappa shape index (κ3) is 7.83. The van der Waals surface area contributed by atoms with Gasteiger partial charge < -0.3 is 26.4 Å². The molecule has 0 radical (unpaired) electrons. The number of anilines is 2. The molecule has 3 amide bonds. The molecule has 1 aromatic rings. The molecule has 1 unspecified atom stereocenters. The van der Waals surface area contributed by atoms with Crippen LogP contribution in [0, 0.1) is 0 Å². The smallest absolute Gasteiger partial charge is 0.319 e. The van der Waals surface area contributed by atoms with Crippen molar-refractivity contribution in [1.82, 2.24) is 5.32 Å². The van der Waals surface area contributed by atoms with E-state index in [9.17, 15) is 9.59 Å². The summed E-state index contributed by atoms with van der Waals surface area (Å²) in [6.45, 7) is 4.00. The molecule has 0 aliphatic rings. The molecular formula is C15H25ClN4O3. The Balaban J connectivity index is 0.00000484. The van der Waals surface area contributed by atoms with Gasteiger partial charge in [0.15, 0.2) is 0 Å². The van der Waals surface area contributed by atoms with Gasteiger partial charge in [-0.2, -0.15) is 0 Å². The molecule has 1 aromatic carbocycles. The Labute approximate surface area is 142 Å². The number of rotatable bonds is 7. The summed E-state index contributed by atoms with van der Waals surface area (Å²) in [6, 6.07) is 6.68. The Hall–Kier alpha value is -1.83. The number of benzene rings is 1. The van der Waals surface area contributed by atoms with Crippen LogP contribution in [0.2, 0.25) is 0 Å². The molecule has 0 saturated carbocycles. The molecule has 0 aliphatic heterocycles. The van der Waals surface area contributed by atoms with Gasteiger partial charge in [0.05, 0.1) is 23.9 Å². The van der Waals surface area contributed by atoms with Crippen LogP contribution >= 0.6 is 12.4 Å². The molecule has 0 saturated heterocycles. The topological polar surface area (TPSA) is 105 Å². The van der Waals surface area contributed by atoms with Crippen molar-refractivity contribution < 1.29 is 14.3 Å². The van der Waals surface area contributed by atoms with E-state index in [1.807, 2.05) is 13.8 Å². The van der Waals surface area contributed by atoms with Crippen molar-refractivity contribution in [3.05, 3.63) is 24.3 Å². The van der Waals surface area contributed by atoms with Gasteiger partial charge in [0.25, 0.3) is 0 Å². The zero-order chi connectivity index (χ0) is 16.5. The second kappa shape index (κ2) is 10.8. The van der Waals surface area contributed by atoms with Crippen molar-refractivity contribution in [3.63, 3.8) is 0 Å². The summed E-state index contributed by atoms with van der Waals surface area (Å²) in [6.07, 6.45) is -0.177. The van der Waals surface area contributed by atoms with Crippen molar-refractivity contribution in [1.29, 1.82) is 0 Å². The molecule has 130 valence electrons. The number of carbonyl (C=O) groups excluding carboxylic acids is 2. The zero-order valence-corrected chi connectivity index (χ0v) is 14.4. The lowest BCUT2D eigenvalue weighted by atomic mass is 10.2. The van der Waals surface area contributed by atoms with Crippen molar-refractivity contribution in [3.8, 4) is 0 Å². The third-order valence-corrected chi connectivity index (χ3v) is 2.88. The van der Waals surface area contributed by atoms with Crippen molar-refractivity contribution >= 4 is 35.7 Å². The lowest BCUT2D eigenvalue weighted by Crippen LogP contribution is -2.34.